The molecule has 3 rings (SSSR count). The van der Waals surface area contributed by atoms with Crippen molar-refractivity contribution in [1.29, 1.82) is 0 Å². The first kappa shape index (κ1) is 13.8. The van der Waals surface area contributed by atoms with E-state index >= 15 is 0 Å². The predicted octanol–water partition coefficient (Wildman–Crippen LogP) is 2.10. The number of hydrogen-bond acceptors (Lipinski definition) is 5. The number of benzene rings is 1. The number of nitrogens with one attached hydrogen (secondary N) is 1. The van der Waals surface area contributed by atoms with Crippen LogP contribution in [-0.4, -0.2) is 23.4 Å². The van der Waals surface area contributed by atoms with Gasteiger partial charge in [-0.2, -0.15) is 10.2 Å². The van der Waals surface area contributed by atoms with Gasteiger partial charge in [-0.25, -0.2) is 0 Å². The Hall–Kier alpha value is -2.14. The fourth-order valence-electron chi connectivity index (χ4n) is 2.56. The molecular formula is C16H19N3O2. The SMILES string of the molecule is COc1cc2c(cc1CNCc1cccnn1)OC(C)C2. The van der Waals surface area contributed by atoms with Crippen LogP contribution < -0.4 is 14.8 Å². The van der Waals surface area contributed by atoms with Gasteiger partial charge in [-0.1, -0.05) is 0 Å². The summed E-state index contributed by atoms with van der Waals surface area (Å²) in [6.07, 6.45) is 2.86. The zero-order valence-corrected chi connectivity index (χ0v) is 12.3. The Morgan fingerprint density at radius 1 is 1.38 bits per heavy atom. The van der Waals surface area contributed by atoms with Gasteiger partial charge in [-0.15, -0.1) is 0 Å². The zero-order valence-electron chi connectivity index (χ0n) is 12.3. The van der Waals surface area contributed by atoms with E-state index in [-0.39, 0.29) is 6.10 Å². The topological polar surface area (TPSA) is 56.3 Å². The highest BCUT2D eigenvalue weighted by atomic mass is 16.5. The maximum atomic E-state index is 5.81. The zero-order chi connectivity index (χ0) is 14.7. The summed E-state index contributed by atoms with van der Waals surface area (Å²) in [7, 11) is 1.70. The Labute approximate surface area is 124 Å². The van der Waals surface area contributed by atoms with Crippen LogP contribution in [0.25, 0.3) is 0 Å². The second kappa shape index (κ2) is 6.10. The quantitative estimate of drug-likeness (QED) is 0.911. The van der Waals surface area contributed by atoms with Gasteiger partial charge < -0.3 is 14.8 Å². The summed E-state index contributed by atoms with van der Waals surface area (Å²) >= 11 is 0. The van der Waals surface area contributed by atoms with Crippen LogP contribution in [0.1, 0.15) is 23.7 Å². The molecule has 5 nitrogen and oxygen atoms in total. The van der Waals surface area contributed by atoms with Crippen LogP contribution in [0.4, 0.5) is 0 Å². The van der Waals surface area contributed by atoms with Gasteiger partial charge in [0.05, 0.1) is 12.8 Å². The molecule has 1 aliphatic rings. The molecule has 110 valence electrons. The van der Waals surface area contributed by atoms with Crippen molar-refractivity contribution in [3.8, 4) is 11.5 Å². The number of aromatic nitrogens is 2. The monoisotopic (exact) mass is 285 g/mol. The highest BCUT2D eigenvalue weighted by molar-refractivity contribution is 5.48. The van der Waals surface area contributed by atoms with E-state index in [0.29, 0.717) is 13.1 Å². The van der Waals surface area contributed by atoms with E-state index in [2.05, 4.69) is 34.6 Å². The number of nitrogens with zero attached hydrogens (tertiary/aromatic N) is 2. The van der Waals surface area contributed by atoms with E-state index in [1.54, 1.807) is 13.3 Å². The first-order valence-electron chi connectivity index (χ1n) is 7.10. The molecule has 1 atom stereocenters. The molecule has 5 heteroatoms. The number of methoxy groups -OCH3 is 1. The summed E-state index contributed by atoms with van der Waals surface area (Å²) in [6, 6.07) is 7.99. The van der Waals surface area contributed by atoms with Crippen molar-refractivity contribution in [2.24, 2.45) is 0 Å². The lowest BCUT2D eigenvalue weighted by Gasteiger charge is -2.11. The van der Waals surface area contributed by atoms with Crippen molar-refractivity contribution in [3.05, 3.63) is 47.3 Å². The van der Waals surface area contributed by atoms with Crippen LogP contribution in [0, 0.1) is 0 Å². The van der Waals surface area contributed by atoms with Crippen LogP contribution in [0.5, 0.6) is 11.5 Å². The summed E-state index contributed by atoms with van der Waals surface area (Å²) in [5.74, 6) is 1.87. The molecule has 0 saturated heterocycles. The van der Waals surface area contributed by atoms with Crippen LogP contribution >= 0.6 is 0 Å². The molecule has 0 bridgehead atoms. The van der Waals surface area contributed by atoms with Crippen LogP contribution in [-0.2, 0) is 19.5 Å². The molecule has 1 aromatic heterocycles. The smallest absolute Gasteiger partial charge is 0.123 e. The molecule has 1 aliphatic heterocycles. The molecular weight excluding hydrogens is 266 g/mol. The normalized spacial score (nSPS) is 16.4. The molecule has 0 aliphatic carbocycles. The molecule has 0 saturated carbocycles. The Morgan fingerprint density at radius 3 is 3.05 bits per heavy atom. The Balaban J connectivity index is 1.69. The molecule has 1 N–H and O–H groups in total. The maximum Gasteiger partial charge on any atom is 0.123 e. The average Bonchev–Trinajstić information content (AvgIpc) is 2.86. The predicted molar refractivity (Wildman–Crippen MR) is 79.4 cm³/mol. The summed E-state index contributed by atoms with van der Waals surface area (Å²) < 4.78 is 11.3. The molecule has 2 aromatic rings. The van der Waals surface area contributed by atoms with Gasteiger partial charge >= 0.3 is 0 Å². The molecule has 21 heavy (non-hydrogen) atoms. The van der Waals surface area contributed by atoms with Crippen molar-refractivity contribution in [3.63, 3.8) is 0 Å². The van der Waals surface area contributed by atoms with Gasteiger partial charge in [-0.3, -0.25) is 0 Å². The van der Waals surface area contributed by atoms with Gasteiger partial charge in [0.2, 0.25) is 0 Å². The third-order valence-corrected chi connectivity index (χ3v) is 3.55. The lowest BCUT2D eigenvalue weighted by atomic mass is 10.1. The van der Waals surface area contributed by atoms with Crippen molar-refractivity contribution in [1.82, 2.24) is 15.5 Å². The van der Waals surface area contributed by atoms with E-state index in [0.717, 1.165) is 29.2 Å². The minimum atomic E-state index is 0.243. The summed E-state index contributed by atoms with van der Waals surface area (Å²) in [4.78, 5) is 0. The van der Waals surface area contributed by atoms with E-state index in [1.165, 1.54) is 5.56 Å². The van der Waals surface area contributed by atoms with E-state index in [4.69, 9.17) is 9.47 Å². The minimum Gasteiger partial charge on any atom is -0.496 e. The van der Waals surface area contributed by atoms with Gasteiger partial charge in [0.1, 0.15) is 17.6 Å². The molecule has 0 spiro atoms. The lowest BCUT2D eigenvalue weighted by molar-refractivity contribution is 0.254. The van der Waals surface area contributed by atoms with Gasteiger partial charge in [0.25, 0.3) is 0 Å². The molecule has 0 amide bonds. The summed E-state index contributed by atoms with van der Waals surface area (Å²) in [5.41, 5.74) is 3.23. The number of rotatable bonds is 5. The Morgan fingerprint density at radius 2 is 2.29 bits per heavy atom. The third kappa shape index (κ3) is 3.13. The average molecular weight is 285 g/mol. The van der Waals surface area contributed by atoms with Gasteiger partial charge in [0, 0.05) is 36.8 Å². The largest absolute Gasteiger partial charge is 0.496 e. The second-order valence-electron chi connectivity index (χ2n) is 5.22. The Bertz CT molecular complexity index is 616. The van der Waals surface area contributed by atoms with E-state index in [9.17, 15) is 0 Å². The highest BCUT2D eigenvalue weighted by Crippen LogP contribution is 2.34. The molecule has 0 radical (unpaired) electrons. The minimum absolute atomic E-state index is 0.243. The number of ether oxygens (including phenoxy) is 2. The number of fused-ring (bicyclic) bond motifs is 1. The standard InChI is InChI=1S/C16H19N3O2/c1-11-6-12-7-15(20-2)13(8-16(12)21-11)9-17-10-14-4-3-5-18-19-14/h3-5,7-8,11,17H,6,9-10H2,1-2H3. The Kier molecular flexibility index (Phi) is 4.01. The second-order valence-corrected chi connectivity index (χ2v) is 5.22. The fourth-order valence-corrected chi connectivity index (χ4v) is 2.56. The third-order valence-electron chi connectivity index (χ3n) is 3.55. The van der Waals surface area contributed by atoms with Gasteiger partial charge in [0.15, 0.2) is 0 Å². The first-order chi connectivity index (χ1) is 10.3. The maximum absolute atomic E-state index is 5.81. The molecule has 1 aromatic carbocycles. The van der Waals surface area contributed by atoms with Crippen LogP contribution in [0.15, 0.2) is 30.5 Å². The van der Waals surface area contributed by atoms with Crippen LogP contribution in [0.2, 0.25) is 0 Å². The van der Waals surface area contributed by atoms with E-state index in [1.807, 2.05) is 12.1 Å². The molecule has 2 heterocycles. The number of hydrogen-bond donors (Lipinski definition) is 1. The highest BCUT2D eigenvalue weighted by Gasteiger charge is 2.21. The summed E-state index contributed by atoms with van der Waals surface area (Å²) in [5, 5.41) is 11.3. The molecule has 0 fully saturated rings. The summed E-state index contributed by atoms with van der Waals surface area (Å²) in [6.45, 7) is 3.45. The van der Waals surface area contributed by atoms with E-state index < -0.39 is 0 Å². The lowest BCUT2D eigenvalue weighted by Crippen LogP contribution is -2.14. The van der Waals surface area contributed by atoms with Crippen molar-refractivity contribution in [2.45, 2.75) is 32.5 Å². The van der Waals surface area contributed by atoms with Crippen molar-refractivity contribution >= 4 is 0 Å². The van der Waals surface area contributed by atoms with Crippen molar-refractivity contribution < 1.29 is 9.47 Å². The first-order valence-corrected chi connectivity index (χ1v) is 7.10. The van der Waals surface area contributed by atoms with Crippen LogP contribution in [0.3, 0.4) is 0 Å². The van der Waals surface area contributed by atoms with Crippen molar-refractivity contribution in [2.75, 3.05) is 7.11 Å². The molecule has 1 unspecified atom stereocenters. The van der Waals surface area contributed by atoms with Gasteiger partial charge in [-0.05, 0) is 31.2 Å². The fraction of sp³-hybridized carbons (Fsp3) is 0.375.